The first-order valence-corrected chi connectivity index (χ1v) is 7.51. The normalized spacial score (nSPS) is 18.7. The molecule has 1 aromatic carbocycles. The van der Waals surface area contributed by atoms with E-state index in [9.17, 15) is 4.79 Å². The highest BCUT2D eigenvalue weighted by Crippen LogP contribution is 2.25. The quantitative estimate of drug-likeness (QED) is 0.878. The molecule has 4 heteroatoms. The largest absolute Gasteiger partial charge is 0.385 e. The third kappa shape index (κ3) is 2.99. The van der Waals surface area contributed by atoms with Crippen molar-refractivity contribution in [1.29, 1.82) is 0 Å². The molecule has 2 rings (SSSR count). The van der Waals surface area contributed by atoms with E-state index in [2.05, 4.69) is 10.6 Å². The van der Waals surface area contributed by atoms with Crippen LogP contribution in [0.3, 0.4) is 0 Å². The third-order valence-electron chi connectivity index (χ3n) is 3.41. The van der Waals surface area contributed by atoms with Gasteiger partial charge >= 0.3 is 0 Å². The molecule has 1 unspecified atom stereocenters. The predicted octanol–water partition coefficient (Wildman–Crippen LogP) is 2.52. The molecule has 0 aromatic heterocycles. The van der Waals surface area contributed by atoms with Crippen molar-refractivity contribution in [3.63, 3.8) is 0 Å². The molecule has 0 bridgehead atoms. The van der Waals surface area contributed by atoms with Crippen LogP contribution in [0, 0.1) is 12.8 Å². The van der Waals surface area contributed by atoms with Crippen LogP contribution in [-0.2, 0) is 0 Å². The molecular formula is C14H20N2OS. The number of rotatable bonds is 4. The number of anilines is 1. The maximum absolute atomic E-state index is 11.7. The van der Waals surface area contributed by atoms with E-state index in [0.29, 0.717) is 0 Å². The second kappa shape index (κ2) is 6.14. The van der Waals surface area contributed by atoms with E-state index in [1.807, 2.05) is 36.9 Å². The Morgan fingerprint density at radius 2 is 2.33 bits per heavy atom. The lowest BCUT2D eigenvalue weighted by atomic mass is 10.0. The summed E-state index contributed by atoms with van der Waals surface area (Å²) in [7, 11) is 1.66. The minimum absolute atomic E-state index is 0.0208. The molecule has 1 heterocycles. The number of hydrogen-bond acceptors (Lipinski definition) is 3. The number of thioether (sulfide) groups is 1. The van der Waals surface area contributed by atoms with Crippen LogP contribution in [0.1, 0.15) is 22.3 Å². The van der Waals surface area contributed by atoms with Crippen molar-refractivity contribution in [2.24, 2.45) is 5.92 Å². The summed E-state index contributed by atoms with van der Waals surface area (Å²) in [6, 6.07) is 5.85. The Kier molecular flexibility index (Phi) is 4.53. The topological polar surface area (TPSA) is 41.1 Å². The van der Waals surface area contributed by atoms with Gasteiger partial charge in [0, 0.05) is 24.8 Å². The van der Waals surface area contributed by atoms with Gasteiger partial charge in [-0.1, -0.05) is 6.07 Å². The van der Waals surface area contributed by atoms with Crippen molar-refractivity contribution in [3.05, 3.63) is 29.3 Å². The first-order valence-electron chi connectivity index (χ1n) is 6.35. The zero-order chi connectivity index (χ0) is 13.0. The summed E-state index contributed by atoms with van der Waals surface area (Å²) in [6.45, 7) is 3.00. The molecule has 1 fully saturated rings. The fraction of sp³-hybridized carbons (Fsp3) is 0.500. The SMILES string of the molecule is CNC(=O)c1cccc(NCC2CCSC2)c1C. The van der Waals surface area contributed by atoms with E-state index < -0.39 is 0 Å². The van der Waals surface area contributed by atoms with Crippen LogP contribution < -0.4 is 10.6 Å². The molecule has 2 N–H and O–H groups in total. The summed E-state index contributed by atoms with van der Waals surface area (Å²) in [4.78, 5) is 11.7. The Morgan fingerprint density at radius 1 is 1.50 bits per heavy atom. The predicted molar refractivity (Wildman–Crippen MR) is 78.5 cm³/mol. The van der Waals surface area contributed by atoms with Crippen LogP contribution >= 0.6 is 11.8 Å². The second-order valence-electron chi connectivity index (χ2n) is 4.67. The fourth-order valence-electron chi connectivity index (χ4n) is 2.21. The molecule has 1 aliphatic heterocycles. The Balaban J connectivity index is 2.05. The van der Waals surface area contributed by atoms with Crippen molar-refractivity contribution >= 4 is 23.4 Å². The van der Waals surface area contributed by atoms with Crippen molar-refractivity contribution in [2.75, 3.05) is 30.4 Å². The highest BCUT2D eigenvalue weighted by Gasteiger charge is 2.16. The summed E-state index contributed by atoms with van der Waals surface area (Å²) >= 11 is 2.03. The van der Waals surface area contributed by atoms with Crippen molar-refractivity contribution in [3.8, 4) is 0 Å². The lowest BCUT2D eigenvalue weighted by Crippen LogP contribution is -2.20. The van der Waals surface area contributed by atoms with E-state index in [-0.39, 0.29) is 5.91 Å². The monoisotopic (exact) mass is 264 g/mol. The van der Waals surface area contributed by atoms with Crippen molar-refractivity contribution in [1.82, 2.24) is 5.32 Å². The van der Waals surface area contributed by atoms with Crippen LogP contribution in [0.2, 0.25) is 0 Å². The van der Waals surface area contributed by atoms with E-state index >= 15 is 0 Å². The van der Waals surface area contributed by atoms with Gasteiger partial charge in [-0.3, -0.25) is 4.79 Å². The van der Waals surface area contributed by atoms with Gasteiger partial charge in [0.15, 0.2) is 0 Å². The summed E-state index contributed by atoms with van der Waals surface area (Å²) in [5, 5.41) is 6.16. The highest BCUT2D eigenvalue weighted by molar-refractivity contribution is 7.99. The van der Waals surface area contributed by atoms with Gasteiger partial charge < -0.3 is 10.6 Å². The molecular weight excluding hydrogens is 244 g/mol. The standard InChI is InChI=1S/C14H20N2OS/c1-10-12(14(17)15-2)4-3-5-13(10)16-8-11-6-7-18-9-11/h3-5,11,16H,6-9H2,1-2H3,(H,15,17). The fourth-order valence-corrected chi connectivity index (χ4v) is 3.49. The Hall–Kier alpha value is -1.16. The maximum atomic E-state index is 11.7. The smallest absolute Gasteiger partial charge is 0.251 e. The summed E-state index contributed by atoms with van der Waals surface area (Å²) in [5.41, 5.74) is 2.86. The first kappa shape index (κ1) is 13.3. The number of hydrogen-bond donors (Lipinski definition) is 2. The molecule has 98 valence electrons. The van der Waals surface area contributed by atoms with E-state index in [4.69, 9.17) is 0 Å². The summed E-state index contributed by atoms with van der Waals surface area (Å²) in [6.07, 6.45) is 1.30. The number of benzene rings is 1. The van der Waals surface area contributed by atoms with Crippen LogP contribution in [0.25, 0.3) is 0 Å². The Labute approximate surface area is 113 Å². The van der Waals surface area contributed by atoms with Gasteiger partial charge in [-0.05, 0) is 48.5 Å². The number of amides is 1. The third-order valence-corrected chi connectivity index (χ3v) is 4.64. The van der Waals surface area contributed by atoms with Crippen molar-refractivity contribution < 1.29 is 4.79 Å². The van der Waals surface area contributed by atoms with E-state index in [1.165, 1.54) is 17.9 Å². The molecule has 0 saturated carbocycles. The minimum Gasteiger partial charge on any atom is -0.385 e. The molecule has 1 aliphatic rings. The molecule has 0 radical (unpaired) electrons. The zero-order valence-electron chi connectivity index (χ0n) is 11.0. The highest BCUT2D eigenvalue weighted by atomic mass is 32.2. The number of nitrogens with one attached hydrogen (secondary N) is 2. The second-order valence-corrected chi connectivity index (χ2v) is 5.82. The molecule has 3 nitrogen and oxygen atoms in total. The zero-order valence-corrected chi connectivity index (χ0v) is 11.8. The molecule has 0 aliphatic carbocycles. The van der Waals surface area contributed by atoms with Gasteiger partial charge in [0.2, 0.25) is 0 Å². The summed E-state index contributed by atoms with van der Waals surface area (Å²) < 4.78 is 0. The molecule has 18 heavy (non-hydrogen) atoms. The molecule has 1 atom stereocenters. The van der Waals surface area contributed by atoms with Gasteiger partial charge in [-0.15, -0.1) is 0 Å². The lowest BCUT2D eigenvalue weighted by molar-refractivity contribution is 0.0962. The number of carbonyl (C=O) groups excluding carboxylic acids is 1. The Bertz CT molecular complexity index is 428. The summed E-state index contributed by atoms with van der Waals surface area (Å²) in [5.74, 6) is 3.27. The molecule has 0 spiro atoms. The van der Waals surface area contributed by atoms with Gasteiger partial charge in [0.25, 0.3) is 5.91 Å². The maximum Gasteiger partial charge on any atom is 0.251 e. The van der Waals surface area contributed by atoms with Gasteiger partial charge in [-0.2, -0.15) is 11.8 Å². The average molecular weight is 264 g/mol. The van der Waals surface area contributed by atoms with Gasteiger partial charge in [-0.25, -0.2) is 0 Å². The lowest BCUT2D eigenvalue weighted by Gasteiger charge is -2.15. The van der Waals surface area contributed by atoms with Crippen LogP contribution in [0.4, 0.5) is 5.69 Å². The minimum atomic E-state index is -0.0208. The van der Waals surface area contributed by atoms with Gasteiger partial charge in [0.1, 0.15) is 0 Å². The average Bonchev–Trinajstić information content (AvgIpc) is 2.90. The van der Waals surface area contributed by atoms with Crippen molar-refractivity contribution in [2.45, 2.75) is 13.3 Å². The van der Waals surface area contributed by atoms with E-state index in [1.54, 1.807) is 7.05 Å². The number of carbonyl (C=O) groups is 1. The van der Waals surface area contributed by atoms with Crippen LogP contribution in [-0.4, -0.2) is 31.0 Å². The van der Waals surface area contributed by atoms with E-state index in [0.717, 1.165) is 29.3 Å². The molecule has 1 saturated heterocycles. The Morgan fingerprint density at radius 3 is 3.00 bits per heavy atom. The van der Waals surface area contributed by atoms with Crippen LogP contribution in [0.5, 0.6) is 0 Å². The first-order chi connectivity index (χ1) is 8.72. The molecule has 1 aromatic rings. The molecule has 1 amide bonds. The van der Waals surface area contributed by atoms with Gasteiger partial charge in [0.05, 0.1) is 0 Å². The van der Waals surface area contributed by atoms with Crippen LogP contribution in [0.15, 0.2) is 18.2 Å².